The maximum atomic E-state index is 12.9. The van der Waals surface area contributed by atoms with Gasteiger partial charge in [0.05, 0.1) is 6.54 Å². The van der Waals surface area contributed by atoms with E-state index >= 15 is 0 Å². The van der Waals surface area contributed by atoms with Crippen molar-refractivity contribution in [2.45, 2.75) is 32.9 Å². The molecule has 2 aromatic carbocycles. The SMILES string of the molecule is C=C(C(=O)NC(C)(C)C)N(Cc1ccccc1Br)C(=O)/C=C/c1ccccc1. The van der Waals surface area contributed by atoms with Crippen molar-refractivity contribution >= 4 is 33.8 Å². The second-order valence-electron chi connectivity index (χ2n) is 7.41. The number of nitrogens with zero attached hydrogens (tertiary/aromatic N) is 1. The molecular formula is C23H25BrN2O2. The van der Waals surface area contributed by atoms with Crippen molar-refractivity contribution in [3.05, 3.63) is 88.5 Å². The summed E-state index contributed by atoms with van der Waals surface area (Å²) in [4.78, 5) is 26.9. The van der Waals surface area contributed by atoms with E-state index in [9.17, 15) is 9.59 Å². The third kappa shape index (κ3) is 6.50. The van der Waals surface area contributed by atoms with Gasteiger partial charge in [-0.05, 0) is 44.0 Å². The number of carbonyl (C=O) groups excluding carboxylic acids is 2. The number of hydrogen-bond acceptors (Lipinski definition) is 2. The first-order valence-corrected chi connectivity index (χ1v) is 9.76. The molecular weight excluding hydrogens is 416 g/mol. The van der Waals surface area contributed by atoms with Crippen LogP contribution in [0.4, 0.5) is 0 Å². The fourth-order valence-corrected chi connectivity index (χ4v) is 2.87. The van der Waals surface area contributed by atoms with Crippen LogP contribution in [-0.2, 0) is 16.1 Å². The van der Waals surface area contributed by atoms with Crippen LogP contribution in [0.3, 0.4) is 0 Å². The number of halogens is 1. The summed E-state index contributed by atoms with van der Waals surface area (Å²) >= 11 is 3.50. The largest absolute Gasteiger partial charge is 0.346 e. The second kappa shape index (κ2) is 9.51. The van der Waals surface area contributed by atoms with Crippen LogP contribution in [-0.4, -0.2) is 22.3 Å². The molecule has 0 fully saturated rings. The molecule has 2 amide bonds. The van der Waals surface area contributed by atoms with Crippen molar-refractivity contribution in [3.63, 3.8) is 0 Å². The zero-order valence-electron chi connectivity index (χ0n) is 16.4. The summed E-state index contributed by atoms with van der Waals surface area (Å²) in [7, 11) is 0. The highest BCUT2D eigenvalue weighted by Crippen LogP contribution is 2.20. The molecule has 0 radical (unpaired) electrons. The Morgan fingerprint density at radius 3 is 2.29 bits per heavy atom. The van der Waals surface area contributed by atoms with Gasteiger partial charge < -0.3 is 5.32 Å². The highest BCUT2D eigenvalue weighted by molar-refractivity contribution is 9.10. The Kier molecular flexibility index (Phi) is 7.35. The Morgan fingerprint density at radius 1 is 1.07 bits per heavy atom. The Bertz CT molecular complexity index is 883. The molecule has 2 rings (SSSR count). The average molecular weight is 441 g/mol. The van der Waals surface area contributed by atoms with Crippen molar-refractivity contribution in [1.82, 2.24) is 10.2 Å². The van der Waals surface area contributed by atoms with Gasteiger partial charge in [0.2, 0.25) is 0 Å². The van der Waals surface area contributed by atoms with Crippen LogP contribution in [0.1, 0.15) is 31.9 Å². The van der Waals surface area contributed by atoms with Crippen LogP contribution in [0.5, 0.6) is 0 Å². The molecule has 0 saturated heterocycles. The molecule has 4 nitrogen and oxygen atoms in total. The Hall–Kier alpha value is -2.66. The Morgan fingerprint density at radius 2 is 1.68 bits per heavy atom. The lowest BCUT2D eigenvalue weighted by atomic mass is 10.1. The summed E-state index contributed by atoms with van der Waals surface area (Å²) in [6.07, 6.45) is 3.19. The van der Waals surface area contributed by atoms with E-state index in [0.29, 0.717) is 0 Å². The van der Waals surface area contributed by atoms with Crippen LogP contribution in [0.25, 0.3) is 6.08 Å². The van der Waals surface area contributed by atoms with E-state index in [4.69, 9.17) is 0 Å². The van der Waals surface area contributed by atoms with Crippen LogP contribution < -0.4 is 5.32 Å². The average Bonchev–Trinajstić information content (AvgIpc) is 2.64. The van der Waals surface area contributed by atoms with Crippen molar-refractivity contribution in [2.24, 2.45) is 0 Å². The first-order valence-electron chi connectivity index (χ1n) is 8.97. The molecule has 5 heteroatoms. The van der Waals surface area contributed by atoms with Gasteiger partial charge in [0.1, 0.15) is 5.70 Å². The van der Waals surface area contributed by atoms with E-state index in [1.807, 2.05) is 75.4 Å². The van der Waals surface area contributed by atoms with Crippen molar-refractivity contribution in [2.75, 3.05) is 0 Å². The van der Waals surface area contributed by atoms with E-state index in [2.05, 4.69) is 27.8 Å². The monoisotopic (exact) mass is 440 g/mol. The maximum Gasteiger partial charge on any atom is 0.267 e. The van der Waals surface area contributed by atoms with Gasteiger partial charge in [0.25, 0.3) is 11.8 Å². The smallest absolute Gasteiger partial charge is 0.267 e. The maximum absolute atomic E-state index is 12.9. The lowest BCUT2D eigenvalue weighted by Gasteiger charge is -2.27. The molecule has 1 N–H and O–H groups in total. The minimum absolute atomic E-state index is 0.105. The number of rotatable bonds is 6. The molecule has 0 aliphatic carbocycles. The van der Waals surface area contributed by atoms with E-state index in [1.165, 1.54) is 11.0 Å². The normalized spacial score (nSPS) is 11.3. The minimum atomic E-state index is -0.429. The first-order chi connectivity index (χ1) is 13.2. The molecule has 0 atom stereocenters. The Labute approximate surface area is 175 Å². The summed E-state index contributed by atoms with van der Waals surface area (Å²) in [5.41, 5.74) is 1.46. The van der Waals surface area contributed by atoms with Crippen molar-refractivity contribution in [3.8, 4) is 0 Å². The molecule has 0 bridgehead atoms. The van der Waals surface area contributed by atoms with Crippen LogP contribution in [0, 0.1) is 0 Å². The van der Waals surface area contributed by atoms with Gasteiger partial charge in [-0.1, -0.05) is 71.0 Å². The van der Waals surface area contributed by atoms with Crippen molar-refractivity contribution < 1.29 is 9.59 Å². The number of amides is 2. The topological polar surface area (TPSA) is 49.4 Å². The van der Waals surface area contributed by atoms with E-state index in [-0.39, 0.29) is 24.1 Å². The zero-order chi connectivity index (χ0) is 20.7. The molecule has 146 valence electrons. The molecule has 2 aromatic rings. The predicted octanol–water partition coefficient (Wildman–Crippen LogP) is 4.92. The molecule has 0 aliphatic heterocycles. The van der Waals surface area contributed by atoms with Crippen LogP contribution in [0.15, 0.2) is 77.4 Å². The van der Waals surface area contributed by atoms with Gasteiger partial charge in [0.15, 0.2) is 0 Å². The number of benzene rings is 2. The third-order valence-electron chi connectivity index (χ3n) is 3.85. The number of nitrogens with one attached hydrogen (secondary N) is 1. The van der Waals surface area contributed by atoms with E-state index in [0.717, 1.165) is 15.6 Å². The summed E-state index contributed by atoms with van der Waals surface area (Å²) in [6, 6.07) is 17.1. The van der Waals surface area contributed by atoms with Crippen molar-refractivity contribution in [1.29, 1.82) is 0 Å². The van der Waals surface area contributed by atoms with Gasteiger partial charge in [-0.2, -0.15) is 0 Å². The van der Waals surface area contributed by atoms with E-state index in [1.54, 1.807) is 6.08 Å². The third-order valence-corrected chi connectivity index (χ3v) is 4.62. The lowest BCUT2D eigenvalue weighted by molar-refractivity contribution is -0.129. The number of carbonyl (C=O) groups is 2. The second-order valence-corrected chi connectivity index (χ2v) is 8.26. The van der Waals surface area contributed by atoms with Gasteiger partial charge in [-0.15, -0.1) is 0 Å². The fraction of sp³-hybridized carbons (Fsp3) is 0.217. The molecule has 0 heterocycles. The number of hydrogen-bond donors (Lipinski definition) is 1. The summed E-state index contributed by atoms with van der Waals surface area (Å²) in [6.45, 7) is 9.76. The fourth-order valence-electron chi connectivity index (χ4n) is 2.46. The molecule has 0 unspecified atom stereocenters. The molecule has 0 aliphatic rings. The molecule has 0 aromatic heterocycles. The van der Waals surface area contributed by atoms with Crippen LogP contribution in [0.2, 0.25) is 0 Å². The summed E-state index contributed by atoms with van der Waals surface area (Å²) in [5.74, 6) is -0.685. The molecule has 0 saturated carbocycles. The predicted molar refractivity (Wildman–Crippen MR) is 117 cm³/mol. The van der Waals surface area contributed by atoms with Gasteiger partial charge in [0, 0.05) is 16.1 Å². The van der Waals surface area contributed by atoms with Gasteiger partial charge >= 0.3 is 0 Å². The quantitative estimate of drug-likeness (QED) is 0.647. The highest BCUT2D eigenvalue weighted by Gasteiger charge is 2.24. The lowest BCUT2D eigenvalue weighted by Crippen LogP contribution is -2.45. The summed E-state index contributed by atoms with van der Waals surface area (Å²) < 4.78 is 0.865. The zero-order valence-corrected chi connectivity index (χ0v) is 18.0. The molecule has 28 heavy (non-hydrogen) atoms. The summed E-state index contributed by atoms with van der Waals surface area (Å²) in [5, 5.41) is 2.86. The first kappa shape index (κ1) is 21.6. The van der Waals surface area contributed by atoms with Gasteiger partial charge in [-0.25, -0.2) is 0 Å². The van der Waals surface area contributed by atoms with Crippen LogP contribution >= 0.6 is 15.9 Å². The van der Waals surface area contributed by atoms with E-state index < -0.39 is 5.54 Å². The highest BCUT2D eigenvalue weighted by atomic mass is 79.9. The molecule has 0 spiro atoms. The Balaban J connectivity index is 2.28. The minimum Gasteiger partial charge on any atom is -0.346 e. The van der Waals surface area contributed by atoms with Gasteiger partial charge in [-0.3, -0.25) is 14.5 Å². The standard InChI is InChI=1S/C23H25BrN2O2/c1-17(22(28)25-23(2,3)4)26(16-19-12-8-9-13-20(19)24)21(27)15-14-18-10-6-5-7-11-18/h5-15H,1,16H2,2-4H3,(H,25,28)/b15-14+.